The molecule has 1 aromatic heterocycles. The van der Waals surface area contributed by atoms with Gasteiger partial charge in [-0.25, -0.2) is 9.97 Å². The molecule has 0 aliphatic heterocycles. The molecule has 0 radical (unpaired) electrons. The summed E-state index contributed by atoms with van der Waals surface area (Å²) in [4.78, 5) is 18.8. The number of rotatable bonds is 7. The van der Waals surface area contributed by atoms with Crippen LogP contribution in [0.3, 0.4) is 0 Å². The number of ether oxygens (including phenoxy) is 1. The van der Waals surface area contributed by atoms with E-state index in [1.807, 2.05) is 6.92 Å². The second kappa shape index (κ2) is 7.03. The Kier molecular flexibility index (Phi) is 5.65. The molecule has 6 nitrogen and oxygen atoms in total. The van der Waals surface area contributed by atoms with Crippen molar-refractivity contribution < 1.29 is 9.53 Å². The number of anilines is 1. The quantitative estimate of drug-likeness (QED) is 0.711. The van der Waals surface area contributed by atoms with Crippen molar-refractivity contribution in [1.82, 2.24) is 9.97 Å². The average molecular weight is 259 g/mol. The maximum atomic E-state index is 10.6. The van der Waals surface area contributed by atoms with Crippen LogP contribution < -0.4 is 11.1 Å². The van der Waals surface area contributed by atoms with Gasteiger partial charge in [0.25, 0.3) is 0 Å². The summed E-state index contributed by atoms with van der Waals surface area (Å²) in [6, 6.07) is 1.58. The minimum atomic E-state index is -0.368. The normalized spacial score (nSPS) is 10.2. The number of nitrogens with one attached hydrogen (secondary N) is 1. The van der Waals surface area contributed by atoms with Crippen LogP contribution in [0.5, 0.6) is 0 Å². The molecule has 1 amide bonds. The van der Waals surface area contributed by atoms with Crippen molar-refractivity contribution in [3.8, 4) is 0 Å². The molecule has 0 aliphatic carbocycles. The lowest BCUT2D eigenvalue weighted by Gasteiger charge is -2.07. The molecular weight excluding hydrogens is 244 g/mol. The summed E-state index contributed by atoms with van der Waals surface area (Å²) in [6.45, 7) is 3.19. The Bertz CT molecular complexity index is 387. The summed E-state index contributed by atoms with van der Waals surface area (Å²) in [5.41, 5.74) is 5.02. The van der Waals surface area contributed by atoms with Crippen molar-refractivity contribution in [3.05, 3.63) is 17.0 Å². The van der Waals surface area contributed by atoms with Crippen LogP contribution in [0.1, 0.15) is 19.2 Å². The second-order valence-electron chi connectivity index (χ2n) is 3.27. The first kappa shape index (κ1) is 13.7. The maximum Gasteiger partial charge on any atom is 0.219 e. The zero-order valence-corrected chi connectivity index (χ0v) is 10.3. The predicted molar refractivity (Wildman–Crippen MR) is 64.7 cm³/mol. The summed E-state index contributed by atoms with van der Waals surface area (Å²) in [5.74, 6) is 0.689. The van der Waals surface area contributed by atoms with E-state index in [-0.39, 0.29) is 12.3 Å². The maximum absolute atomic E-state index is 10.6. The third-order valence-electron chi connectivity index (χ3n) is 1.85. The third-order valence-corrected chi connectivity index (χ3v) is 2.05. The van der Waals surface area contributed by atoms with E-state index in [1.165, 1.54) is 0 Å². The van der Waals surface area contributed by atoms with Crippen LogP contribution in [0.25, 0.3) is 0 Å². The Hall–Kier alpha value is -1.40. The number of aromatic nitrogens is 2. The average Bonchev–Trinajstić information content (AvgIpc) is 2.25. The molecule has 0 bridgehead atoms. The number of nitrogens with two attached hydrogens (primary N) is 1. The molecule has 1 heterocycles. The largest absolute Gasteiger partial charge is 0.374 e. The topological polar surface area (TPSA) is 90.1 Å². The number of amides is 1. The van der Waals surface area contributed by atoms with Crippen LogP contribution in [0.4, 0.5) is 5.82 Å². The van der Waals surface area contributed by atoms with Gasteiger partial charge in [-0.3, -0.25) is 4.79 Å². The highest BCUT2D eigenvalue weighted by molar-refractivity contribution is 6.29. The van der Waals surface area contributed by atoms with Crippen LogP contribution in [0.2, 0.25) is 5.15 Å². The molecule has 3 N–H and O–H groups in total. The van der Waals surface area contributed by atoms with Gasteiger partial charge in [0.15, 0.2) is 5.82 Å². The molecule has 0 aromatic carbocycles. The molecule has 0 saturated carbocycles. The zero-order valence-electron chi connectivity index (χ0n) is 9.57. The second-order valence-corrected chi connectivity index (χ2v) is 3.66. The first-order valence-electron chi connectivity index (χ1n) is 5.25. The van der Waals surface area contributed by atoms with E-state index in [0.29, 0.717) is 36.6 Å². The fourth-order valence-corrected chi connectivity index (χ4v) is 1.33. The van der Waals surface area contributed by atoms with Crippen molar-refractivity contribution in [2.24, 2.45) is 5.73 Å². The molecule has 0 saturated heterocycles. The van der Waals surface area contributed by atoms with E-state index in [1.54, 1.807) is 6.07 Å². The molecule has 0 atom stereocenters. The van der Waals surface area contributed by atoms with Gasteiger partial charge in [-0.05, 0) is 6.92 Å². The minimum Gasteiger partial charge on any atom is -0.374 e. The minimum absolute atomic E-state index is 0.239. The van der Waals surface area contributed by atoms with E-state index in [9.17, 15) is 4.79 Å². The van der Waals surface area contributed by atoms with Gasteiger partial charge in [0, 0.05) is 25.6 Å². The van der Waals surface area contributed by atoms with Crippen molar-refractivity contribution in [2.75, 3.05) is 18.5 Å². The molecule has 17 heavy (non-hydrogen) atoms. The summed E-state index contributed by atoms with van der Waals surface area (Å²) >= 11 is 5.83. The van der Waals surface area contributed by atoms with Crippen LogP contribution in [-0.4, -0.2) is 29.0 Å². The summed E-state index contributed by atoms with van der Waals surface area (Å²) in [7, 11) is 0. The van der Waals surface area contributed by atoms with E-state index >= 15 is 0 Å². The van der Waals surface area contributed by atoms with Crippen LogP contribution in [-0.2, 0) is 16.1 Å². The van der Waals surface area contributed by atoms with Gasteiger partial charge in [-0.1, -0.05) is 11.6 Å². The van der Waals surface area contributed by atoms with Gasteiger partial charge in [-0.2, -0.15) is 0 Å². The highest BCUT2D eigenvalue weighted by atomic mass is 35.5. The zero-order chi connectivity index (χ0) is 12.7. The number of hydrogen-bond acceptors (Lipinski definition) is 5. The fourth-order valence-electron chi connectivity index (χ4n) is 1.13. The molecular formula is C10H15ClN4O2. The lowest BCUT2D eigenvalue weighted by Crippen LogP contribution is -2.16. The number of nitrogens with zero attached hydrogens (tertiary/aromatic N) is 2. The Morgan fingerprint density at radius 1 is 1.59 bits per heavy atom. The van der Waals surface area contributed by atoms with Gasteiger partial charge < -0.3 is 15.8 Å². The monoisotopic (exact) mass is 258 g/mol. The Labute approximate surface area is 105 Å². The molecule has 0 aliphatic rings. The van der Waals surface area contributed by atoms with E-state index in [2.05, 4.69) is 15.3 Å². The van der Waals surface area contributed by atoms with E-state index < -0.39 is 0 Å². The summed E-state index contributed by atoms with van der Waals surface area (Å²) < 4.78 is 5.19. The number of hydrogen-bond donors (Lipinski definition) is 2. The van der Waals surface area contributed by atoms with Gasteiger partial charge >= 0.3 is 0 Å². The fraction of sp³-hybridized carbons (Fsp3) is 0.500. The number of carbonyl (C=O) groups is 1. The SMILES string of the molecule is CCOCc1nc(Cl)cc(NCCC(N)=O)n1. The Balaban J connectivity index is 2.58. The predicted octanol–water partition coefficient (Wildman–Crippen LogP) is 0.954. The number of carbonyl (C=O) groups excluding carboxylic acids is 1. The summed E-state index contributed by atoms with van der Waals surface area (Å²) in [5, 5.41) is 3.27. The lowest BCUT2D eigenvalue weighted by molar-refractivity contribution is -0.117. The molecule has 1 aromatic rings. The standard InChI is InChI=1S/C10H15ClN4O2/c1-2-17-6-10-14-7(11)5-9(15-10)13-4-3-8(12)16/h5H,2-4,6H2,1H3,(H2,12,16)(H,13,14,15). The van der Waals surface area contributed by atoms with Crippen LogP contribution >= 0.6 is 11.6 Å². The van der Waals surface area contributed by atoms with Crippen LogP contribution in [0.15, 0.2) is 6.07 Å². The van der Waals surface area contributed by atoms with Gasteiger partial charge in [0.05, 0.1) is 0 Å². The first-order chi connectivity index (χ1) is 8.11. The van der Waals surface area contributed by atoms with Crippen molar-refractivity contribution in [3.63, 3.8) is 0 Å². The molecule has 1 rings (SSSR count). The smallest absolute Gasteiger partial charge is 0.219 e. The highest BCUT2D eigenvalue weighted by Gasteiger charge is 2.03. The number of primary amides is 1. The lowest BCUT2D eigenvalue weighted by atomic mass is 10.4. The van der Waals surface area contributed by atoms with E-state index in [0.717, 1.165) is 0 Å². The molecule has 0 spiro atoms. The van der Waals surface area contributed by atoms with Crippen LogP contribution in [0, 0.1) is 0 Å². The number of halogens is 1. The van der Waals surface area contributed by atoms with Crippen molar-refractivity contribution >= 4 is 23.3 Å². The molecule has 0 unspecified atom stereocenters. The van der Waals surface area contributed by atoms with Gasteiger partial charge in [0.2, 0.25) is 5.91 Å². The first-order valence-corrected chi connectivity index (χ1v) is 5.63. The molecule has 0 fully saturated rings. The Morgan fingerprint density at radius 2 is 2.35 bits per heavy atom. The molecule has 7 heteroatoms. The van der Waals surface area contributed by atoms with Crippen molar-refractivity contribution in [1.29, 1.82) is 0 Å². The van der Waals surface area contributed by atoms with Gasteiger partial charge in [0.1, 0.15) is 17.6 Å². The molecule has 94 valence electrons. The Morgan fingerprint density at radius 3 is 3.00 bits per heavy atom. The van der Waals surface area contributed by atoms with Gasteiger partial charge in [-0.15, -0.1) is 0 Å². The summed E-state index contributed by atoms with van der Waals surface area (Å²) in [6.07, 6.45) is 0.239. The van der Waals surface area contributed by atoms with Crippen molar-refractivity contribution in [2.45, 2.75) is 20.0 Å². The highest BCUT2D eigenvalue weighted by Crippen LogP contribution is 2.12. The van der Waals surface area contributed by atoms with E-state index in [4.69, 9.17) is 22.1 Å². The third kappa shape index (κ3) is 5.46.